The van der Waals surface area contributed by atoms with E-state index < -0.39 is 83.9 Å². The van der Waals surface area contributed by atoms with Crippen LogP contribution in [-0.4, -0.2) is 136 Å². The number of ether oxygens (including phenoxy) is 5. The lowest BCUT2D eigenvalue weighted by molar-refractivity contribution is -0.296. The van der Waals surface area contributed by atoms with Crippen molar-refractivity contribution in [1.82, 2.24) is 30.4 Å². The second-order valence-electron chi connectivity index (χ2n) is 15.7. The van der Waals surface area contributed by atoms with Gasteiger partial charge in [0.1, 0.15) is 31.8 Å². The Kier molecular flexibility index (Phi) is 14.5. The summed E-state index contributed by atoms with van der Waals surface area (Å²) in [6, 6.07) is 2.79. The lowest BCUT2D eigenvalue weighted by Crippen LogP contribution is -2.59. The van der Waals surface area contributed by atoms with Crippen molar-refractivity contribution in [2.75, 3.05) is 27.8 Å². The van der Waals surface area contributed by atoms with Gasteiger partial charge in [0.05, 0.1) is 46.4 Å². The zero-order valence-electron chi connectivity index (χ0n) is 34.6. The number of ketones is 1. The second kappa shape index (κ2) is 18.7. The highest BCUT2D eigenvalue weighted by molar-refractivity contribution is 7.15. The molecule has 2 aromatic heterocycles. The molecule has 3 aliphatic heterocycles. The van der Waals surface area contributed by atoms with Crippen LogP contribution < -0.4 is 5.32 Å². The number of esters is 1. The predicted molar refractivity (Wildman–Crippen MR) is 209 cm³/mol. The van der Waals surface area contributed by atoms with Gasteiger partial charge in [-0.05, 0) is 71.5 Å². The van der Waals surface area contributed by atoms with Crippen LogP contribution in [0.1, 0.15) is 72.6 Å². The monoisotopic (exact) mass is 815 g/mol. The molecule has 0 spiro atoms. The molecule has 57 heavy (non-hydrogen) atoms. The van der Waals surface area contributed by atoms with Crippen molar-refractivity contribution in [3.05, 3.63) is 17.0 Å². The number of rotatable bonds is 8. The number of aliphatic hydroxyl groups is 1. The lowest BCUT2D eigenvalue weighted by Gasteiger charge is -2.47. The van der Waals surface area contributed by atoms with E-state index in [0.717, 1.165) is 9.75 Å². The summed E-state index contributed by atoms with van der Waals surface area (Å²) in [6.45, 7) is 12.5. The number of hydrogen-bond acceptors (Lipinski definition) is 16. The largest absolute Gasteiger partial charge is 0.458 e. The summed E-state index contributed by atoms with van der Waals surface area (Å²) in [5.41, 5.74) is -0.754. The molecule has 2 N–H and O–H groups in total. The number of tetrazole rings is 1. The highest BCUT2D eigenvalue weighted by Crippen LogP contribution is 2.39. The first-order valence-corrected chi connectivity index (χ1v) is 20.2. The van der Waals surface area contributed by atoms with Gasteiger partial charge in [-0.1, -0.05) is 44.7 Å². The third-order valence-electron chi connectivity index (χ3n) is 11.2. The zero-order valence-corrected chi connectivity index (χ0v) is 35.4. The number of Topliss-reactive ketones (excluding diaryl/α,β-unsaturated/α-hetero) is 1. The summed E-state index contributed by atoms with van der Waals surface area (Å²) in [4.78, 5) is 51.2. The molecular weight excluding hydrogens is 759 g/mol. The smallest absolute Gasteiger partial charge is 0.407 e. The molecule has 3 fully saturated rings. The van der Waals surface area contributed by atoms with Gasteiger partial charge in [0.25, 0.3) is 0 Å². The highest BCUT2D eigenvalue weighted by atomic mass is 32.1. The Morgan fingerprint density at radius 2 is 1.88 bits per heavy atom. The molecule has 5 heterocycles. The van der Waals surface area contributed by atoms with E-state index in [0.29, 0.717) is 24.4 Å². The Morgan fingerprint density at radius 1 is 1.14 bits per heavy atom. The molecular formula is C39H57N7O10S. The van der Waals surface area contributed by atoms with E-state index in [-0.39, 0.29) is 25.2 Å². The van der Waals surface area contributed by atoms with Gasteiger partial charge in [-0.3, -0.25) is 9.59 Å². The SMILES string of the molecule is CC[C@@H]1OC(=O)[C@H](C)C(=O)[C@H](C)[C@@H](OC2O[C@H](C)C[C@H](N(C)C)C2O)[C@@](C)(OCC#Cc2ccc(-c3nnn(C)n3)s2)C[C@@H](C)/C(=N\OC)[C@@H](C)[C@H]2NC(=O)O[C@@H]21. The Labute approximate surface area is 338 Å². The normalized spacial score (nSPS) is 36.1. The maximum absolute atomic E-state index is 14.5. The van der Waals surface area contributed by atoms with E-state index in [4.69, 9.17) is 28.5 Å². The summed E-state index contributed by atoms with van der Waals surface area (Å²) in [5, 5.41) is 31.2. The molecule has 2 aromatic rings. The van der Waals surface area contributed by atoms with E-state index in [2.05, 4.69) is 37.7 Å². The number of nitrogens with one attached hydrogen (secondary N) is 1. The van der Waals surface area contributed by atoms with Gasteiger partial charge in [-0.15, -0.1) is 21.5 Å². The molecule has 5 rings (SSSR count). The molecule has 18 heteroatoms. The lowest BCUT2D eigenvalue weighted by atomic mass is 9.75. The predicted octanol–water partition coefficient (Wildman–Crippen LogP) is 3.20. The summed E-state index contributed by atoms with van der Waals surface area (Å²) in [6.07, 6.45) is -4.85. The van der Waals surface area contributed by atoms with E-state index in [9.17, 15) is 19.5 Å². The quantitative estimate of drug-likeness (QED) is 0.171. The van der Waals surface area contributed by atoms with Crippen LogP contribution in [0.25, 0.3) is 10.7 Å². The van der Waals surface area contributed by atoms with Crippen LogP contribution in [0.4, 0.5) is 4.79 Å². The fraction of sp³-hybridized carbons (Fsp3) is 0.718. The van der Waals surface area contributed by atoms with Crippen LogP contribution in [0.2, 0.25) is 0 Å². The second-order valence-corrected chi connectivity index (χ2v) is 16.8. The topological polar surface area (TPSA) is 198 Å². The number of nitrogens with zero attached hydrogens (tertiary/aromatic N) is 6. The van der Waals surface area contributed by atoms with Gasteiger partial charge in [0, 0.05) is 23.8 Å². The number of likely N-dealkylation sites (N-methyl/N-ethyl adjacent to an activating group) is 1. The van der Waals surface area contributed by atoms with Crippen LogP contribution >= 0.6 is 11.3 Å². The number of cyclic esters (lactones) is 1. The molecule has 3 saturated heterocycles. The van der Waals surface area contributed by atoms with Crippen molar-refractivity contribution >= 4 is 34.9 Å². The number of oxime groups is 1. The average molecular weight is 816 g/mol. The Balaban J connectivity index is 1.57. The molecule has 0 bridgehead atoms. The van der Waals surface area contributed by atoms with Crippen molar-refractivity contribution in [1.29, 1.82) is 0 Å². The first-order valence-electron chi connectivity index (χ1n) is 19.4. The van der Waals surface area contributed by atoms with E-state index in [1.165, 1.54) is 30.2 Å². The minimum Gasteiger partial charge on any atom is -0.458 e. The number of alkyl carbamates (subject to hydrolysis) is 1. The van der Waals surface area contributed by atoms with Crippen LogP contribution in [-0.2, 0) is 45.2 Å². The molecule has 13 atom stereocenters. The van der Waals surface area contributed by atoms with Crippen LogP contribution in [0.3, 0.4) is 0 Å². The van der Waals surface area contributed by atoms with Gasteiger partial charge >= 0.3 is 12.1 Å². The van der Waals surface area contributed by atoms with Crippen molar-refractivity contribution in [2.45, 2.75) is 122 Å². The summed E-state index contributed by atoms with van der Waals surface area (Å²) >= 11 is 1.41. The van der Waals surface area contributed by atoms with E-state index >= 15 is 0 Å². The summed E-state index contributed by atoms with van der Waals surface area (Å²) in [7, 11) is 6.89. The first kappa shape index (κ1) is 44.1. The minimum atomic E-state index is -1.33. The summed E-state index contributed by atoms with van der Waals surface area (Å²) in [5.74, 6) is 2.46. The molecule has 0 aliphatic carbocycles. The number of hydrogen-bond donors (Lipinski definition) is 2. The van der Waals surface area contributed by atoms with Crippen molar-refractivity contribution < 1.29 is 48.0 Å². The van der Waals surface area contributed by atoms with Crippen molar-refractivity contribution in [3.8, 4) is 22.5 Å². The third kappa shape index (κ3) is 10.0. The molecule has 314 valence electrons. The standard InChI is InChI=1S/C39H57N7O10S/c1-12-27-33-30(40-38(50)55-33)22(4)29(43-51-11)20(2)19-39(7,52-17-13-14-25-15-16-28(57-25)35-41-44-46(10)42-35)34(23(5)31(47)24(6)36(49)54-27)56-37-32(48)26(45(8)9)18-21(3)53-37/h15-16,20-24,26-27,30,32-34,37,48H,12,17-19H2,1-11H3,(H,40,50)/b43-29+/t20-,21-,22-,23+,24-,26+,27+,30-,32?,33-,34-,37?,39+/m1/s1. The Hall–Kier alpha value is -3.99. The molecule has 3 aliphatic rings. The summed E-state index contributed by atoms with van der Waals surface area (Å²) < 4.78 is 31.4. The van der Waals surface area contributed by atoms with Gasteiger partial charge in [0.15, 0.2) is 18.2 Å². The third-order valence-corrected chi connectivity index (χ3v) is 12.2. The fourth-order valence-electron chi connectivity index (χ4n) is 8.16. The first-order chi connectivity index (χ1) is 27.0. The molecule has 1 amide bonds. The van der Waals surface area contributed by atoms with Crippen LogP contribution in [0, 0.1) is 35.5 Å². The molecule has 0 aromatic carbocycles. The highest BCUT2D eigenvalue weighted by Gasteiger charge is 2.52. The number of aliphatic hydroxyl groups excluding tert-OH is 1. The fourth-order valence-corrected chi connectivity index (χ4v) is 8.97. The van der Waals surface area contributed by atoms with Gasteiger partial charge in [0.2, 0.25) is 5.82 Å². The van der Waals surface area contributed by atoms with Gasteiger partial charge in [-0.25, -0.2) is 4.79 Å². The minimum absolute atomic E-state index is 0.0813. The number of carbonyl (C=O) groups is 3. The van der Waals surface area contributed by atoms with Crippen molar-refractivity contribution in [3.63, 3.8) is 0 Å². The molecule has 2 unspecified atom stereocenters. The number of amides is 1. The van der Waals surface area contributed by atoms with E-state index in [1.807, 2.05) is 65.7 Å². The number of carbonyl (C=O) groups excluding carboxylic acids is 3. The number of aryl methyl sites for hydroxylation is 1. The number of aromatic nitrogens is 4. The van der Waals surface area contributed by atoms with Crippen LogP contribution in [0.15, 0.2) is 17.3 Å². The number of thiophene rings is 1. The Morgan fingerprint density at radius 3 is 2.53 bits per heavy atom. The van der Waals surface area contributed by atoms with Crippen LogP contribution in [0.5, 0.6) is 0 Å². The Bertz CT molecular complexity index is 1820. The van der Waals surface area contributed by atoms with Gasteiger partial charge < -0.3 is 43.8 Å². The van der Waals surface area contributed by atoms with Crippen molar-refractivity contribution in [2.24, 2.45) is 35.9 Å². The number of fused-ring (bicyclic) bond motifs is 1. The average Bonchev–Trinajstić information content (AvgIpc) is 3.92. The molecule has 0 radical (unpaired) electrons. The zero-order chi connectivity index (χ0) is 41.8. The van der Waals surface area contributed by atoms with Gasteiger partial charge in [-0.2, -0.15) is 4.80 Å². The maximum Gasteiger partial charge on any atom is 0.407 e. The molecule has 0 saturated carbocycles. The maximum atomic E-state index is 14.5. The molecule has 17 nitrogen and oxygen atoms in total. The van der Waals surface area contributed by atoms with E-state index in [1.54, 1.807) is 14.0 Å².